The van der Waals surface area contributed by atoms with Crippen molar-refractivity contribution in [2.45, 2.75) is 54.0 Å². The number of nitrogens with zero attached hydrogens (tertiary/aromatic N) is 3. The van der Waals surface area contributed by atoms with Gasteiger partial charge in [-0.25, -0.2) is 0 Å². The first-order chi connectivity index (χ1) is 8.31. The van der Waals surface area contributed by atoms with Crippen molar-refractivity contribution in [1.29, 1.82) is 0 Å². The molecule has 0 atom stereocenters. The Labute approximate surface area is 119 Å². The van der Waals surface area contributed by atoms with E-state index >= 15 is 0 Å². The average molecular weight is 296 g/mol. The highest BCUT2D eigenvalue weighted by molar-refractivity contribution is 7.63. The van der Waals surface area contributed by atoms with Gasteiger partial charge in [0.05, 0.1) is 11.2 Å². The van der Waals surface area contributed by atoms with Gasteiger partial charge in [0.15, 0.2) is 0 Å². The molecule has 0 saturated carbocycles. The summed E-state index contributed by atoms with van der Waals surface area (Å²) in [5.74, 6) is 0. The lowest BCUT2D eigenvalue weighted by atomic mass is 10.1. The fourth-order valence-corrected chi connectivity index (χ4v) is 7.12. The monoisotopic (exact) mass is 295 g/mol. The summed E-state index contributed by atoms with van der Waals surface area (Å²) in [6.07, 6.45) is 0. The lowest BCUT2D eigenvalue weighted by Crippen LogP contribution is -2.34. The normalized spacial score (nSPS) is 13.4. The van der Waals surface area contributed by atoms with Crippen molar-refractivity contribution < 1.29 is 0 Å². The van der Waals surface area contributed by atoms with Gasteiger partial charge in [0.1, 0.15) is 7.36 Å². The predicted octanol–water partition coefficient (Wildman–Crippen LogP) is 4.70. The van der Waals surface area contributed by atoms with Gasteiger partial charge in [0, 0.05) is 26.2 Å². The molecule has 0 unspecified atom stereocenters. The van der Waals surface area contributed by atoms with Gasteiger partial charge in [-0.15, -0.1) is 11.6 Å². The molecule has 0 saturated heterocycles. The summed E-state index contributed by atoms with van der Waals surface area (Å²) in [6.45, 7) is 19.3. The minimum Gasteiger partial charge on any atom is -0.267 e. The van der Waals surface area contributed by atoms with Crippen LogP contribution in [0.5, 0.6) is 0 Å². The van der Waals surface area contributed by atoms with E-state index in [1.54, 1.807) is 0 Å². The Morgan fingerprint density at radius 2 is 1.22 bits per heavy atom. The Bertz CT molecular complexity index is 262. The van der Waals surface area contributed by atoms with E-state index in [4.69, 9.17) is 16.3 Å². The Morgan fingerprint density at radius 3 is 1.39 bits per heavy atom. The summed E-state index contributed by atoms with van der Waals surface area (Å²) in [5, 5.41) is 0. The van der Waals surface area contributed by atoms with Gasteiger partial charge in [0.25, 0.3) is 0 Å². The molecule has 0 amide bonds. The maximum atomic E-state index is 6.41. The van der Waals surface area contributed by atoms with Crippen LogP contribution >= 0.6 is 19.0 Å². The molecule has 5 heteroatoms. The topological polar surface area (TPSA) is 18.8 Å². The average Bonchev–Trinajstić information content (AvgIpc) is 2.29. The molecule has 0 aliphatic heterocycles. The second kappa shape index (κ2) is 7.89. The lowest BCUT2D eigenvalue weighted by Gasteiger charge is -2.43. The molecule has 0 N–H and O–H groups in total. The number of hydrogen-bond donors (Lipinski definition) is 0. The smallest absolute Gasteiger partial charge is 0.112 e. The van der Waals surface area contributed by atoms with Crippen LogP contribution in [0.2, 0.25) is 0 Å². The fraction of sp³-hybridized carbons (Fsp3) is 1.00. The minimum atomic E-state index is -1.76. The Kier molecular flexibility index (Phi) is 8.08. The Morgan fingerprint density at radius 1 is 0.889 bits per heavy atom. The van der Waals surface area contributed by atoms with E-state index in [0.717, 1.165) is 26.2 Å². The van der Waals surface area contributed by atoms with Crippen LogP contribution in [0, 0.1) is 0 Å². The molecular formula is C13H31ClN3P. The zero-order chi connectivity index (χ0) is 14.4. The van der Waals surface area contributed by atoms with Crippen molar-refractivity contribution in [3.63, 3.8) is 0 Å². The van der Waals surface area contributed by atoms with Gasteiger partial charge in [0.2, 0.25) is 0 Å². The van der Waals surface area contributed by atoms with Gasteiger partial charge in [-0.05, 0) is 20.8 Å². The van der Waals surface area contributed by atoms with E-state index in [1.165, 1.54) is 0 Å². The number of rotatable bonds is 7. The Balaban J connectivity index is 5.83. The van der Waals surface area contributed by atoms with Crippen LogP contribution in [0.1, 0.15) is 48.5 Å². The summed E-state index contributed by atoms with van der Waals surface area (Å²) < 4.78 is 10.1. The van der Waals surface area contributed by atoms with E-state index < -0.39 is 7.36 Å². The second-order valence-electron chi connectivity index (χ2n) is 5.36. The van der Waals surface area contributed by atoms with Gasteiger partial charge >= 0.3 is 0 Å². The van der Waals surface area contributed by atoms with Crippen LogP contribution < -0.4 is 0 Å². The number of alkyl halides is 1. The van der Waals surface area contributed by atoms with Crippen LogP contribution in [0.15, 0.2) is 4.74 Å². The maximum absolute atomic E-state index is 6.41. The summed E-state index contributed by atoms with van der Waals surface area (Å²) in [7, 11) is -1.76. The van der Waals surface area contributed by atoms with Crippen LogP contribution in [0.3, 0.4) is 0 Å². The highest BCUT2D eigenvalue weighted by Gasteiger charge is 2.32. The van der Waals surface area contributed by atoms with E-state index in [-0.39, 0.29) is 5.54 Å². The zero-order valence-electron chi connectivity index (χ0n) is 13.2. The summed E-state index contributed by atoms with van der Waals surface area (Å²) in [4.78, 5) is 0. The van der Waals surface area contributed by atoms with Crippen molar-refractivity contribution in [1.82, 2.24) is 9.34 Å². The highest BCUT2D eigenvalue weighted by Crippen LogP contribution is 2.58. The SMILES string of the molecule is CCN(CC)P(CCl)(=NC(C)(C)C)N(CC)CC. The first kappa shape index (κ1) is 18.4. The summed E-state index contributed by atoms with van der Waals surface area (Å²) in [6, 6.07) is 0. The van der Waals surface area contributed by atoms with Gasteiger partial charge < -0.3 is 0 Å². The molecule has 0 aromatic heterocycles. The third kappa shape index (κ3) is 4.52. The molecule has 0 fully saturated rings. The molecule has 0 bridgehead atoms. The molecule has 0 aliphatic rings. The first-order valence-electron chi connectivity index (χ1n) is 7.00. The molecule has 0 aromatic carbocycles. The first-order valence-corrected chi connectivity index (χ1v) is 9.37. The van der Waals surface area contributed by atoms with Crippen LogP contribution in [0.4, 0.5) is 0 Å². The number of hydrogen-bond acceptors (Lipinski definition) is 1. The standard InChI is InChI=1S/C13H31ClN3P/c1-8-16(9-2)18(12-14,15-13(5,6)7)17(10-3)11-4/h8-12H2,1-7H3. The molecule has 0 spiro atoms. The predicted molar refractivity (Wildman–Crippen MR) is 85.7 cm³/mol. The van der Waals surface area contributed by atoms with E-state index in [2.05, 4.69) is 57.8 Å². The van der Waals surface area contributed by atoms with Crippen molar-refractivity contribution in [3.8, 4) is 0 Å². The molecule has 0 aliphatic carbocycles. The van der Waals surface area contributed by atoms with Crippen LogP contribution in [-0.4, -0.2) is 46.7 Å². The molecule has 0 aromatic rings. The van der Waals surface area contributed by atoms with E-state index in [1.807, 2.05) is 0 Å². The molecule has 110 valence electrons. The number of halogens is 1. The molecule has 0 radical (unpaired) electrons. The minimum absolute atomic E-state index is 0.0478. The molecule has 18 heavy (non-hydrogen) atoms. The van der Waals surface area contributed by atoms with Crippen molar-refractivity contribution >= 4 is 19.0 Å². The summed E-state index contributed by atoms with van der Waals surface area (Å²) >= 11 is 6.41. The van der Waals surface area contributed by atoms with Gasteiger partial charge in [-0.2, -0.15) is 0 Å². The lowest BCUT2D eigenvalue weighted by molar-refractivity contribution is 0.407. The largest absolute Gasteiger partial charge is 0.267 e. The quantitative estimate of drug-likeness (QED) is 0.501. The zero-order valence-corrected chi connectivity index (χ0v) is 14.9. The highest BCUT2D eigenvalue weighted by atomic mass is 35.5. The van der Waals surface area contributed by atoms with Crippen molar-refractivity contribution in [3.05, 3.63) is 0 Å². The second-order valence-corrected chi connectivity index (χ2v) is 9.03. The van der Waals surface area contributed by atoms with E-state index in [0.29, 0.717) is 5.62 Å². The van der Waals surface area contributed by atoms with Crippen LogP contribution in [-0.2, 0) is 0 Å². The molecule has 0 rings (SSSR count). The van der Waals surface area contributed by atoms with Gasteiger partial charge in [-0.3, -0.25) is 14.1 Å². The van der Waals surface area contributed by atoms with Gasteiger partial charge in [-0.1, -0.05) is 27.7 Å². The van der Waals surface area contributed by atoms with Crippen molar-refractivity contribution in [2.24, 2.45) is 4.74 Å². The maximum Gasteiger partial charge on any atom is 0.112 e. The van der Waals surface area contributed by atoms with Crippen molar-refractivity contribution in [2.75, 3.05) is 31.8 Å². The molecular weight excluding hydrogens is 265 g/mol. The Hall–Kier alpha value is 0.440. The summed E-state index contributed by atoms with van der Waals surface area (Å²) in [5.41, 5.74) is 0.571. The fourth-order valence-electron chi connectivity index (χ4n) is 2.32. The van der Waals surface area contributed by atoms with Crippen LogP contribution in [0.25, 0.3) is 0 Å². The molecule has 3 nitrogen and oxygen atoms in total. The third-order valence-electron chi connectivity index (χ3n) is 2.99. The molecule has 0 heterocycles. The van der Waals surface area contributed by atoms with E-state index in [9.17, 15) is 0 Å². The third-order valence-corrected chi connectivity index (χ3v) is 8.13.